The summed E-state index contributed by atoms with van der Waals surface area (Å²) < 4.78 is 18.8. The molecular formula is C16H25FN2O. The molecule has 0 saturated carbocycles. The molecule has 0 aromatic heterocycles. The quantitative estimate of drug-likeness (QED) is 0.867. The number of halogens is 1. The van der Waals surface area contributed by atoms with E-state index in [1.807, 2.05) is 6.07 Å². The lowest BCUT2D eigenvalue weighted by Crippen LogP contribution is -2.38. The van der Waals surface area contributed by atoms with Gasteiger partial charge in [-0.25, -0.2) is 4.39 Å². The molecule has 1 aliphatic rings. The van der Waals surface area contributed by atoms with E-state index in [9.17, 15) is 4.39 Å². The van der Waals surface area contributed by atoms with Crippen LogP contribution in [0.25, 0.3) is 0 Å². The Morgan fingerprint density at radius 3 is 2.85 bits per heavy atom. The first-order valence-electron chi connectivity index (χ1n) is 7.46. The van der Waals surface area contributed by atoms with Crippen molar-refractivity contribution in [3.05, 3.63) is 29.6 Å². The van der Waals surface area contributed by atoms with Gasteiger partial charge < -0.3 is 10.1 Å². The minimum absolute atomic E-state index is 0.211. The summed E-state index contributed by atoms with van der Waals surface area (Å²) in [6.45, 7) is 7.40. The standard InChI is InChI=1S/C16H25FN2O/c1-4-19(11-14-6-5-9-18-14)12(2)13-7-8-16(20-3)15(17)10-13/h7-8,10,12,14,18H,4-6,9,11H2,1-3H3. The Morgan fingerprint density at radius 1 is 1.50 bits per heavy atom. The lowest BCUT2D eigenvalue weighted by molar-refractivity contribution is 0.202. The van der Waals surface area contributed by atoms with Crippen LogP contribution in [0.4, 0.5) is 4.39 Å². The number of rotatable bonds is 6. The minimum Gasteiger partial charge on any atom is -0.494 e. The van der Waals surface area contributed by atoms with Gasteiger partial charge >= 0.3 is 0 Å². The van der Waals surface area contributed by atoms with Crippen LogP contribution in [-0.2, 0) is 0 Å². The van der Waals surface area contributed by atoms with Crippen molar-refractivity contribution < 1.29 is 9.13 Å². The molecule has 0 amide bonds. The van der Waals surface area contributed by atoms with Gasteiger partial charge in [0.05, 0.1) is 7.11 Å². The summed E-state index contributed by atoms with van der Waals surface area (Å²) in [5.74, 6) is 0.0216. The fourth-order valence-corrected chi connectivity index (χ4v) is 2.91. The summed E-state index contributed by atoms with van der Waals surface area (Å²) >= 11 is 0. The van der Waals surface area contributed by atoms with E-state index in [0.29, 0.717) is 11.8 Å². The number of hydrogen-bond donors (Lipinski definition) is 1. The maximum absolute atomic E-state index is 13.8. The Hall–Kier alpha value is -1.13. The molecule has 0 radical (unpaired) electrons. The molecule has 112 valence electrons. The van der Waals surface area contributed by atoms with Gasteiger partial charge in [-0.2, -0.15) is 0 Å². The largest absolute Gasteiger partial charge is 0.494 e. The third-order valence-corrected chi connectivity index (χ3v) is 4.23. The number of nitrogens with zero attached hydrogens (tertiary/aromatic N) is 1. The van der Waals surface area contributed by atoms with Gasteiger partial charge in [-0.1, -0.05) is 13.0 Å². The highest BCUT2D eigenvalue weighted by atomic mass is 19.1. The fourth-order valence-electron chi connectivity index (χ4n) is 2.91. The van der Waals surface area contributed by atoms with Gasteiger partial charge in [-0.05, 0) is 50.6 Å². The Morgan fingerprint density at radius 2 is 2.30 bits per heavy atom. The molecule has 0 aliphatic carbocycles. The molecule has 1 aromatic carbocycles. The number of methoxy groups -OCH3 is 1. The van der Waals surface area contributed by atoms with E-state index in [-0.39, 0.29) is 11.9 Å². The van der Waals surface area contributed by atoms with Gasteiger partial charge in [0.15, 0.2) is 11.6 Å². The molecule has 2 unspecified atom stereocenters. The van der Waals surface area contributed by atoms with Gasteiger partial charge in [0, 0.05) is 18.6 Å². The zero-order chi connectivity index (χ0) is 14.5. The SMILES string of the molecule is CCN(CC1CCCN1)C(C)c1ccc(OC)c(F)c1. The van der Waals surface area contributed by atoms with Crippen LogP contribution in [0.3, 0.4) is 0 Å². The highest BCUT2D eigenvalue weighted by molar-refractivity contribution is 5.30. The van der Waals surface area contributed by atoms with E-state index >= 15 is 0 Å². The molecule has 1 heterocycles. The monoisotopic (exact) mass is 280 g/mol. The van der Waals surface area contributed by atoms with Crippen LogP contribution in [0.5, 0.6) is 5.75 Å². The molecular weight excluding hydrogens is 255 g/mol. The molecule has 4 heteroatoms. The second-order valence-electron chi connectivity index (χ2n) is 5.45. The molecule has 2 rings (SSSR count). The van der Waals surface area contributed by atoms with Crippen LogP contribution in [0.2, 0.25) is 0 Å². The van der Waals surface area contributed by atoms with Crippen molar-refractivity contribution in [1.29, 1.82) is 0 Å². The molecule has 2 atom stereocenters. The normalized spacial score (nSPS) is 20.4. The van der Waals surface area contributed by atoms with E-state index in [1.54, 1.807) is 12.1 Å². The van der Waals surface area contributed by atoms with E-state index in [0.717, 1.165) is 25.2 Å². The predicted molar refractivity (Wildman–Crippen MR) is 79.6 cm³/mol. The van der Waals surface area contributed by atoms with Crippen LogP contribution in [-0.4, -0.2) is 37.7 Å². The average Bonchev–Trinajstić information content (AvgIpc) is 2.97. The maximum atomic E-state index is 13.8. The summed E-state index contributed by atoms with van der Waals surface area (Å²) in [6.07, 6.45) is 2.49. The highest BCUT2D eigenvalue weighted by Gasteiger charge is 2.21. The molecule has 1 saturated heterocycles. The van der Waals surface area contributed by atoms with Crippen LogP contribution < -0.4 is 10.1 Å². The first-order chi connectivity index (χ1) is 9.65. The highest BCUT2D eigenvalue weighted by Crippen LogP contribution is 2.26. The molecule has 3 nitrogen and oxygen atoms in total. The lowest BCUT2D eigenvalue weighted by Gasteiger charge is -2.30. The number of ether oxygens (including phenoxy) is 1. The molecule has 1 fully saturated rings. The third-order valence-electron chi connectivity index (χ3n) is 4.23. The van der Waals surface area contributed by atoms with Crippen molar-refractivity contribution in [3.8, 4) is 5.75 Å². The van der Waals surface area contributed by atoms with Crippen LogP contribution >= 0.6 is 0 Å². The molecule has 1 N–H and O–H groups in total. The third kappa shape index (κ3) is 3.49. The van der Waals surface area contributed by atoms with Gasteiger partial charge in [0.2, 0.25) is 0 Å². The predicted octanol–water partition coefficient (Wildman–Crippen LogP) is 2.97. The van der Waals surface area contributed by atoms with Crippen LogP contribution in [0.15, 0.2) is 18.2 Å². The van der Waals surface area contributed by atoms with Crippen molar-refractivity contribution in [2.75, 3.05) is 26.7 Å². The summed E-state index contributed by atoms with van der Waals surface area (Å²) in [5.41, 5.74) is 1.00. The second kappa shape index (κ2) is 7.04. The van der Waals surface area contributed by atoms with Gasteiger partial charge in [-0.3, -0.25) is 4.90 Å². The summed E-state index contributed by atoms with van der Waals surface area (Å²) in [4.78, 5) is 2.39. The smallest absolute Gasteiger partial charge is 0.165 e. The first kappa shape index (κ1) is 15.3. The number of nitrogens with one attached hydrogen (secondary N) is 1. The number of hydrogen-bond acceptors (Lipinski definition) is 3. The fraction of sp³-hybridized carbons (Fsp3) is 0.625. The molecule has 20 heavy (non-hydrogen) atoms. The number of benzene rings is 1. The first-order valence-corrected chi connectivity index (χ1v) is 7.46. The van der Waals surface area contributed by atoms with Gasteiger partial charge in [0.1, 0.15) is 0 Å². The van der Waals surface area contributed by atoms with Crippen LogP contribution in [0, 0.1) is 5.82 Å². The molecule has 0 spiro atoms. The zero-order valence-corrected chi connectivity index (χ0v) is 12.7. The minimum atomic E-state index is -0.285. The van der Waals surface area contributed by atoms with Crippen molar-refractivity contribution >= 4 is 0 Å². The van der Waals surface area contributed by atoms with E-state index in [1.165, 1.54) is 20.0 Å². The van der Waals surface area contributed by atoms with Crippen molar-refractivity contribution in [2.45, 2.75) is 38.8 Å². The Labute approximate surface area is 121 Å². The summed E-state index contributed by atoms with van der Waals surface area (Å²) in [7, 11) is 1.49. The van der Waals surface area contributed by atoms with Crippen molar-refractivity contribution in [1.82, 2.24) is 10.2 Å². The summed E-state index contributed by atoms with van der Waals surface area (Å²) in [5, 5.41) is 3.52. The maximum Gasteiger partial charge on any atom is 0.165 e. The molecule has 0 bridgehead atoms. The van der Waals surface area contributed by atoms with E-state index in [4.69, 9.17) is 4.74 Å². The Balaban J connectivity index is 2.06. The topological polar surface area (TPSA) is 24.5 Å². The average molecular weight is 280 g/mol. The summed E-state index contributed by atoms with van der Waals surface area (Å²) in [6, 6.07) is 6.04. The second-order valence-corrected chi connectivity index (χ2v) is 5.45. The Kier molecular flexibility index (Phi) is 5.38. The number of likely N-dealkylation sites (N-methyl/N-ethyl adjacent to an activating group) is 1. The Bertz CT molecular complexity index is 432. The molecule has 1 aromatic rings. The van der Waals surface area contributed by atoms with Gasteiger partial charge in [0.25, 0.3) is 0 Å². The van der Waals surface area contributed by atoms with Crippen LogP contribution in [0.1, 0.15) is 38.3 Å². The zero-order valence-electron chi connectivity index (χ0n) is 12.7. The van der Waals surface area contributed by atoms with Gasteiger partial charge in [-0.15, -0.1) is 0 Å². The van der Waals surface area contributed by atoms with Crippen molar-refractivity contribution in [3.63, 3.8) is 0 Å². The van der Waals surface area contributed by atoms with E-state index in [2.05, 4.69) is 24.1 Å². The lowest BCUT2D eigenvalue weighted by atomic mass is 10.1. The van der Waals surface area contributed by atoms with Crippen molar-refractivity contribution in [2.24, 2.45) is 0 Å². The molecule has 1 aliphatic heterocycles. The van der Waals surface area contributed by atoms with E-state index < -0.39 is 0 Å².